The van der Waals surface area contributed by atoms with Crippen LogP contribution >= 0.6 is 0 Å². The highest BCUT2D eigenvalue weighted by Crippen LogP contribution is 2.12. The van der Waals surface area contributed by atoms with Crippen LogP contribution in [0.3, 0.4) is 0 Å². The molecule has 0 saturated heterocycles. The third-order valence-electron chi connectivity index (χ3n) is 2.78. The van der Waals surface area contributed by atoms with E-state index in [2.05, 4.69) is 10.5 Å². The molecule has 0 radical (unpaired) electrons. The summed E-state index contributed by atoms with van der Waals surface area (Å²) < 4.78 is 5.31. The quantitative estimate of drug-likeness (QED) is 0.306. The molecule has 6 heteroatoms. The molecule has 110 valence electrons. The van der Waals surface area contributed by atoms with E-state index in [1.165, 1.54) is 0 Å². The van der Waals surface area contributed by atoms with Gasteiger partial charge < -0.3 is 21.0 Å². The molecule has 1 atom stereocenters. The van der Waals surface area contributed by atoms with Crippen molar-refractivity contribution in [1.29, 1.82) is 0 Å². The van der Waals surface area contributed by atoms with Crippen LogP contribution in [0.4, 0.5) is 0 Å². The molecule has 0 fully saturated rings. The van der Waals surface area contributed by atoms with Crippen LogP contribution in [0.2, 0.25) is 0 Å². The summed E-state index contributed by atoms with van der Waals surface area (Å²) in [6.45, 7) is 4.43. The Labute approximate surface area is 118 Å². The minimum Gasteiger partial charge on any atom is -0.494 e. The van der Waals surface area contributed by atoms with Gasteiger partial charge in [0.05, 0.1) is 12.6 Å². The molecule has 0 aliphatic carbocycles. The van der Waals surface area contributed by atoms with Gasteiger partial charge in [-0.2, -0.15) is 0 Å². The van der Waals surface area contributed by atoms with Gasteiger partial charge in [0, 0.05) is 5.56 Å². The van der Waals surface area contributed by atoms with Gasteiger partial charge in [0.1, 0.15) is 5.75 Å². The van der Waals surface area contributed by atoms with Crippen LogP contribution in [0.25, 0.3) is 0 Å². The number of hydrogen-bond acceptors (Lipinski definition) is 4. The first-order valence-corrected chi connectivity index (χ1v) is 6.63. The van der Waals surface area contributed by atoms with Gasteiger partial charge in [0.2, 0.25) is 0 Å². The summed E-state index contributed by atoms with van der Waals surface area (Å²) >= 11 is 0. The highest BCUT2D eigenvalue weighted by Gasteiger charge is 2.17. The van der Waals surface area contributed by atoms with Crippen molar-refractivity contribution in [3.05, 3.63) is 29.8 Å². The molecule has 0 aliphatic heterocycles. The Morgan fingerprint density at radius 2 is 2.05 bits per heavy atom. The first-order chi connectivity index (χ1) is 9.62. The molecule has 1 rings (SSSR count). The minimum absolute atomic E-state index is 0.00568. The van der Waals surface area contributed by atoms with Crippen LogP contribution < -0.4 is 15.8 Å². The molecule has 0 spiro atoms. The molecule has 0 saturated carbocycles. The van der Waals surface area contributed by atoms with Gasteiger partial charge in [0.15, 0.2) is 5.84 Å². The first kappa shape index (κ1) is 15.8. The summed E-state index contributed by atoms with van der Waals surface area (Å²) in [5.41, 5.74) is 6.06. The number of carbonyl (C=O) groups excluding carboxylic acids is 1. The van der Waals surface area contributed by atoms with Crippen LogP contribution in [-0.4, -0.2) is 29.6 Å². The molecule has 0 heterocycles. The van der Waals surface area contributed by atoms with E-state index >= 15 is 0 Å². The van der Waals surface area contributed by atoms with E-state index in [9.17, 15) is 4.79 Å². The molecule has 0 bridgehead atoms. The van der Waals surface area contributed by atoms with E-state index in [1.807, 2.05) is 13.8 Å². The maximum Gasteiger partial charge on any atom is 0.251 e. The molecule has 20 heavy (non-hydrogen) atoms. The molecule has 4 N–H and O–H groups in total. The van der Waals surface area contributed by atoms with Crippen molar-refractivity contribution >= 4 is 11.7 Å². The predicted octanol–water partition coefficient (Wildman–Crippen LogP) is 1.73. The second-order valence-electron chi connectivity index (χ2n) is 4.30. The van der Waals surface area contributed by atoms with Crippen molar-refractivity contribution in [2.75, 3.05) is 6.61 Å². The van der Waals surface area contributed by atoms with Gasteiger partial charge >= 0.3 is 0 Å². The molecule has 0 aliphatic rings. The molecule has 6 nitrogen and oxygen atoms in total. The maximum atomic E-state index is 12.1. The van der Waals surface area contributed by atoms with Crippen molar-refractivity contribution in [1.82, 2.24) is 5.32 Å². The summed E-state index contributed by atoms with van der Waals surface area (Å²) in [6.07, 6.45) is 1.42. The molecule has 1 aromatic rings. The number of amides is 1. The lowest BCUT2D eigenvalue weighted by atomic mass is 10.1. The number of carbonyl (C=O) groups is 1. The van der Waals surface area contributed by atoms with E-state index < -0.39 is 6.04 Å². The zero-order valence-electron chi connectivity index (χ0n) is 11.8. The fourth-order valence-corrected chi connectivity index (χ4v) is 1.76. The van der Waals surface area contributed by atoms with E-state index in [0.29, 0.717) is 24.3 Å². The average molecular weight is 279 g/mol. The highest BCUT2D eigenvalue weighted by molar-refractivity contribution is 5.98. The normalized spacial score (nSPS) is 12.8. The zero-order valence-corrected chi connectivity index (χ0v) is 11.8. The van der Waals surface area contributed by atoms with E-state index in [1.54, 1.807) is 24.3 Å². The van der Waals surface area contributed by atoms with Crippen molar-refractivity contribution in [3.8, 4) is 5.75 Å². The van der Waals surface area contributed by atoms with Crippen LogP contribution in [0, 0.1) is 0 Å². The number of oxime groups is 1. The highest BCUT2D eigenvalue weighted by atomic mass is 16.5. The number of nitrogens with one attached hydrogen (secondary N) is 1. The average Bonchev–Trinajstić information content (AvgIpc) is 2.47. The molecule has 1 aromatic carbocycles. The van der Waals surface area contributed by atoms with Crippen molar-refractivity contribution in [2.24, 2.45) is 10.9 Å². The SMILES string of the molecule is CCCC(NC(=O)c1ccc(OCC)cc1)/C(N)=N/O. The lowest BCUT2D eigenvalue weighted by Gasteiger charge is -2.16. The number of benzene rings is 1. The third-order valence-corrected chi connectivity index (χ3v) is 2.78. The Hall–Kier alpha value is -2.24. The lowest BCUT2D eigenvalue weighted by molar-refractivity contribution is 0.0945. The number of nitrogens with zero attached hydrogens (tertiary/aromatic N) is 1. The second-order valence-corrected chi connectivity index (χ2v) is 4.30. The largest absolute Gasteiger partial charge is 0.494 e. The monoisotopic (exact) mass is 279 g/mol. The van der Waals surface area contributed by atoms with Gasteiger partial charge in [-0.3, -0.25) is 4.79 Å². The topological polar surface area (TPSA) is 96.9 Å². The molecular formula is C14H21N3O3. The van der Waals surface area contributed by atoms with Crippen LogP contribution in [0.15, 0.2) is 29.4 Å². The smallest absolute Gasteiger partial charge is 0.251 e. The van der Waals surface area contributed by atoms with E-state index in [-0.39, 0.29) is 11.7 Å². The van der Waals surface area contributed by atoms with E-state index in [0.717, 1.165) is 6.42 Å². The summed E-state index contributed by atoms with van der Waals surface area (Å²) in [4.78, 5) is 12.1. The molecule has 1 amide bonds. The van der Waals surface area contributed by atoms with Crippen LogP contribution in [-0.2, 0) is 0 Å². The summed E-state index contributed by atoms with van der Waals surface area (Å²) in [7, 11) is 0. The van der Waals surface area contributed by atoms with Gasteiger partial charge in [0.25, 0.3) is 5.91 Å². The summed E-state index contributed by atoms with van der Waals surface area (Å²) in [6, 6.07) is 6.35. The van der Waals surface area contributed by atoms with Crippen LogP contribution in [0.1, 0.15) is 37.0 Å². The minimum atomic E-state index is -0.468. The standard InChI is InChI=1S/C14H21N3O3/c1-3-5-12(13(15)17-19)16-14(18)10-6-8-11(9-7-10)20-4-2/h6-9,12,19H,3-5H2,1-2H3,(H2,15,17)(H,16,18). The van der Waals surface area contributed by atoms with Gasteiger partial charge in [-0.15, -0.1) is 0 Å². The molecule has 1 unspecified atom stereocenters. The fourth-order valence-electron chi connectivity index (χ4n) is 1.76. The van der Waals surface area contributed by atoms with Gasteiger partial charge in [-0.05, 0) is 37.6 Å². The Morgan fingerprint density at radius 1 is 1.40 bits per heavy atom. The summed E-state index contributed by atoms with van der Waals surface area (Å²) in [5.74, 6) is 0.454. The van der Waals surface area contributed by atoms with Gasteiger partial charge in [-0.1, -0.05) is 18.5 Å². The number of ether oxygens (including phenoxy) is 1. The number of nitrogens with two attached hydrogens (primary N) is 1. The van der Waals surface area contributed by atoms with Crippen molar-refractivity contribution in [2.45, 2.75) is 32.7 Å². The van der Waals surface area contributed by atoms with Crippen LogP contribution in [0.5, 0.6) is 5.75 Å². The fraction of sp³-hybridized carbons (Fsp3) is 0.429. The van der Waals surface area contributed by atoms with Crippen molar-refractivity contribution in [3.63, 3.8) is 0 Å². The third kappa shape index (κ3) is 4.46. The Bertz CT molecular complexity index is 457. The zero-order chi connectivity index (χ0) is 15.0. The Morgan fingerprint density at radius 3 is 2.55 bits per heavy atom. The Balaban J connectivity index is 2.73. The number of hydrogen-bond donors (Lipinski definition) is 3. The number of rotatable bonds is 7. The van der Waals surface area contributed by atoms with Crippen molar-refractivity contribution < 1.29 is 14.7 Å². The molecular weight excluding hydrogens is 258 g/mol. The predicted molar refractivity (Wildman–Crippen MR) is 77.2 cm³/mol. The lowest BCUT2D eigenvalue weighted by Crippen LogP contribution is -2.44. The van der Waals surface area contributed by atoms with E-state index in [4.69, 9.17) is 15.7 Å². The summed E-state index contributed by atoms with van der Waals surface area (Å²) in [5, 5.41) is 14.4. The number of amidine groups is 1. The first-order valence-electron chi connectivity index (χ1n) is 6.63. The van der Waals surface area contributed by atoms with Gasteiger partial charge in [-0.25, -0.2) is 0 Å². The molecule has 0 aromatic heterocycles. The second kappa shape index (κ2) is 8.04. The maximum absolute atomic E-state index is 12.1. The Kier molecular flexibility index (Phi) is 6.36.